The van der Waals surface area contributed by atoms with Crippen LogP contribution in [-0.4, -0.2) is 35.6 Å². The Balaban J connectivity index is 1.78. The number of para-hydroxylation sites is 2. The number of amides is 3. The van der Waals surface area contributed by atoms with Gasteiger partial charge in [0, 0.05) is 13.0 Å². The van der Waals surface area contributed by atoms with E-state index in [1.165, 1.54) is 0 Å². The van der Waals surface area contributed by atoms with Crippen LogP contribution in [0.15, 0.2) is 48.5 Å². The average molecular weight is 381 g/mol. The van der Waals surface area contributed by atoms with Crippen LogP contribution in [0.2, 0.25) is 0 Å². The fourth-order valence-electron chi connectivity index (χ4n) is 2.86. The Bertz CT molecular complexity index is 919. The highest BCUT2D eigenvalue weighted by atomic mass is 16.5. The molecular formula is C20H23N5O3. The van der Waals surface area contributed by atoms with Crippen LogP contribution < -0.4 is 21.1 Å². The summed E-state index contributed by atoms with van der Waals surface area (Å²) in [4.78, 5) is 31.0. The summed E-state index contributed by atoms with van der Waals surface area (Å²) in [6.45, 7) is 0.177. The number of nitrogens with zero attached hydrogens (tertiary/aromatic N) is 1. The van der Waals surface area contributed by atoms with Crippen molar-refractivity contribution in [1.82, 2.24) is 20.6 Å². The SMILES string of the molecule is COc1ccc(CC(NC(=O)NCCC(N)=O)c2nc3ccccc3[nH]2)cc1. The van der Waals surface area contributed by atoms with Gasteiger partial charge in [0.05, 0.1) is 24.2 Å². The summed E-state index contributed by atoms with van der Waals surface area (Å²) in [6, 6.07) is 14.5. The van der Waals surface area contributed by atoms with E-state index in [1.807, 2.05) is 48.5 Å². The zero-order valence-electron chi connectivity index (χ0n) is 15.6. The number of hydrogen-bond acceptors (Lipinski definition) is 4. The molecular weight excluding hydrogens is 358 g/mol. The molecule has 28 heavy (non-hydrogen) atoms. The third-order valence-electron chi connectivity index (χ3n) is 4.30. The number of imidazole rings is 1. The molecule has 3 aromatic rings. The number of nitrogens with two attached hydrogens (primary N) is 1. The van der Waals surface area contributed by atoms with Crippen molar-refractivity contribution < 1.29 is 14.3 Å². The Labute approximate surface area is 162 Å². The number of methoxy groups -OCH3 is 1. The molecule has 0 radical (unpaired) electrons. The van der Waals surface area contributed by atoms with E-state index >= 15 is 0 Å². The van der Waals surface area contributed by atoms with E-state index in [9.17, 15) is 9.59 Å². The van der Waals surface area contributed by atoms with E-state index in [0.29, 0.717) is 12.2 Å². The van der Waals surface area contributed by atoms with E-state index in [1.54, 1.807) is 7.11 Å². The molecule has 2 aromatic carbocycles. The number of nitrogens with one attached hydrogen (secondary N) is 3. The molecule has 8 nitrogen and oxygen atoms in total. The maximum Gasteiger partial charge on any atom is 0.315 e. The van der Waals surface area contributed by atoms with E-state index in [4.69, 9.17) is 10.5 Å². The van der Waals surface area contributed by atoms with Crippen molar-refractivity contribution in [2.24, 2.45) is 5.73 Å². The number of primary amides is 1. The minimum atomic E-state index is -0.465. The van der Waals surface area contributed by atoms with Gasteiger partial charge in [-0.3, -0.25) is 4.79 Å². The zero-order valence-corrected chi connectivity index (χ0v) is 15.6. The minimum Gasteiger partial charge on any atom is -0.497 e. The van der Waals surface area contributed by atoms with Gasteiger partial charge in [-0.1, -0.05) is 24.3 Å². The lowest BCUT2D eigenvalue weighted by atomic mass is 10.1. The predicted molar refractivity (Wildman–Crippen MR) is 106 cm³/mol. The number of carbonyl (C=O) groups is 2. The van der Waals surface area contributed by atoms with Crippen LogP contribution in [0.3, 0.4) is 0 Å². The second-order valence-corrected chi connectivity index (χ2v) is 6.36. The molecule has 0 bridgehead atoms. The number of aromatic nitrogens is 2. The Kier molecular flexibility index (Phi) is 6.11. The van der Waals surface area contributed by atoms with E-state index in [-0.39, 0.29) is 25.0 Å². The van der Waals surface area contributed by atoms with Gasteiger partial charge in [0.25, 0.3) is 0 Å². The van der Waals surface area contributed by atoms with Gasteiger partial charge in [0.15, 0.2) is 0 Å². The third-order valence-corrected chi connectivity index (χ3v) is 4.30. The first kappa shape index (κ1) is 19.2. The minimum absolute atomic E-state index is 0.0845. The number of aromatic amines is 1. The number of H-pyrrole nitrogens is 1. The monoisotopic (exact) mass is 381 g/mol. The first-order chi connectivity index (χ1) is 13.5. The van der Waals surface area contributed by atoms with Gasteiger partial charge >= 0.3 is 6.03 Å². The van der Waals surface area contributed by atoms with Crippen LogP contribution in [0, 0.1) is 0 Å². The lowest BCUT2D eigenvalue weighted by molar-refractivity contribution is -0.117. The Morgan fingerprint density at radius 1 is 1.18 bits per heavy atom. The average Bonchev–Trinajstić information content (AvgIpc) is 3.12. The quantitative estimate of drug-likeness (QED) is 0.477. The van der Waals surface area contributed by atoms with Gasteiger partial charge in [0.2, 0.25) is 5.91 Å². The standard InChI is InChI=1S/C20H23N5O3/c1-28-14-8-6-13(7-9-14)12-17(25-20(27)22-11-10-18(21)26)19-23-15-4-2-3-5-16(15)24-19/h2-9,17H,10-12H2,1H3,(H2,21,26)(H,23,24)(H2,22,25,27). The summed E-state index contributed by atoms with van der Waals surface area (Å²) < 4.78 is 5.19. The van der Waals surface area contributed by atoms with Crippen molar-refractivity contribution in [1.29, 1.82) is 0 Å². The molecule has 146 valence electrons. The number of carbonyl (C=O) groups excluding carboxylic acids is 2. The van der Waals surface area contributed by atoms with Crippen molar-refractivity contribution in [3.05, 3.63) is 59.9 Å². The van der Waals surface area contributed by atoms with E-state index in [0.717, 1.165) is 22.3 Å². The van der Waals surface area contributed by atoms with Gasteiger partial charge in [0.1, 0.15) is 11.6 Å². The summed E-state index contributed by atoms with van der Waals surface area (Å²) in [6.07, 6.45) is 0.619. The molecule has 0 saturated heterocycles. The molecule has 0 aliphatic rings. The van der Waals surface area contributed by atoms with Gasteiger partial charge in [-0.05, 0) is 36.2 Å². The highest BCUT2D eigenvalue weighted by Gasteiger charge is 2.19. The van der Waals surface area contributed by atoms with Crippen molar-refractivity contribution in [3.8, 4) is 5.75 Å². The summed E-state index contributed by atoms with van der Waals surface area (Å²) >= 11 is 0. The van der Waals surface area contributed by atoms with Gasteiger partial charge < -0.3 is 26.1 Å². The maximum atomic E-state index is 12.3. The molecule has 5 N–H and O–H groups in total. The second-order valence-electron chi connectivity index (χ2n) is 6.36. The number of rotatable bonds is 8. The molecule has 1 unspecified atom stereocenters. The number of hydrogen-bond donors (Lipinski definition) is 4. The van der Waals surface area contributed by atoms with Crippen LogP contribution in [0.4, 0.5) is 4.79 Å². The lowest BCUT2D eigenvalue weighted by Gasteiger charge is -2.17. The molecule has 3 rings (SSSR count). The van der Waals surface area contributed by atoms with Crippen LogP contribution in [0.1, 0.15) is 23.9 Å². The molecule has 0 aliphatic carbocycles. The van der Waals surface area contributed by atoms with E-state index in [2.05, 4.69) is 20.6 Å². The second kappa shape index (κ2) is 8.90. The molecule has 1 heterocycles. The summed E-state index contributed by atoms with van der Waals surface area (Å²) in [7, 11) is 1.62. The van der Waals surface area contributed by atoms with E-state index < -0.39 is 5.91 Å². The number of ether oxygens (including phenoxy) is 1. The van der Waals surface area contributed by atoms with Gasteiger partial charge in [-0.25, -0.2) is 9.78 Å². The highest BCUT2D eigenvalue weighted by Crippen LogP contribution is 2.21. The lowest BCUT2D eigenvalue weighted by Crippen LogP contribution is -2.40. The molecule has 0 fully saturated rings. The van der Waals surface area contributed by atoms with Crippen LogP contribution >= 0.6 is 0 Å². The first-order valence-electron chi connectivity index (χ1n) is 8.95. The number of fused-ring (bicyclic) bond motifs is 1. The summed E-state index contributed by atoms with van der Waals surface area (Å²) in [5.41, 5.74) is 7.84. The van der Waals surface area contributed by atoms with Crippen LogP contribution in [0.5, 0.6) is 5.75 Å². The first-order valence-corrected chi connectivity index (χ1v) is 8.95. The largest absolute Gasteiger partial charge is 0.497 e. The molecule has 1 aromatic heterocycles. The van der Waals surface area contributed by atoms with Crippen molar-refractivity contribution in [2.45, 2.75) is 18.9 Å². The fraction of sp³-hybridized carbons (Fsp3) is 0.250. The van der Waals surface area contributed by atoms with Crippen LogP contribution in [-0.2, 0) is 11.2 Å². The van der Waals surface area contributed by atoms with Gasteiger partial charge in [-0.15, -0.1) is 0 Å². The smallest absolute Gasteiger partial charge is 0.315 e. The van der Waals surface area contributed by atoms with Crippen molar-refractivity contribution in [3.63, 3.8) is 0 Å². The highest BCUT2D eigenvalue weighted by molar-refractivity contribution is 5.78. The summed E-state index contributed by atoms with van der Waals surface area (Å²) in [5, 5.41) is 5.56. The van der Waals surface area contributed by atoms with Gasteiger partial charge in [-0.2, -0.15) is 0 Å². The summed E-state index contributed by atoms with van der Waals surface area (Å²) in [5.74, 6) is 0.954. The molecule has 0 spiro atoms. The molecule has 8 heteroatoms. The fourth-order valence-corrected chi connectivity index (χ4v) is 2.86. The molecule has 1 atom stereocenters. The normalized spacial score (nSPS) is 11.8. The Morgan fingerprint density at radius 3 is 2.61 bits per heavy atom. The number of urea groups is 1. The zero-order chi connectivity index (χ0) is 19.9. The van der Waals surface area contributed by atoms with Crippen molar-refractivity contribution in [2.75, 3.05) is 13.7 Å². The number of benzene rings is 2. The maximum absolute atomic E-state index is 12.3. The van der Waals surface area contributed by atoms with Crippen molar-refractivity contribution >= 4 is 23.0 Å². The molecule has 3 amide bonds. The Hall–Kier alpha value is -3.55. The Morgan fingerprint density at radius 2 is 1.93 bits per heavy atom. The third kappa shape index (κ3) is 5.00. The predicted octanol–water partition coefficient (Wildman–Crippen LogP) is 2.03. The van der Waals surface area contributed by atoms with Crippen LogP contribution in [0.25, 0.3) is 11.0 Å². The topological polar surface area (TPSA) is 122 Å². The molecule has 0 saturated carbocycles. The molecule has 0 aliphatic heterocycles.